The lowest BCUT2D eigenvalue weighted by atomic mass is 9.86. The van der Waals surface area contributed by atoms with Crippen molar-refractivity contribution in [1.82, 2.24) is 10.3 Å². The molecule has 2 aliphatic heterocycles. The lowest BCUT2D eigenvalue weighted by Crippen LogP contribution is -2.42. The summed E-state index contributed by atoms with van der Waals surface area (Å²) in [4.78, 5) is 9.20. The van der Waals surface area contributed by atoms with E-state index in [1.165, 1.54) is 22.4 Å². The normalized spacial score (nSPS) is 21.1. The second-order valence-electron chi connectivity index (χ2n) is 9.51. The van der Waals surface area contributed by atoms with Gasteiger partial charge in [0.25, 0.3) is 0 Å². The molecule has 1 saturated heterocycles. The van der Waals surface area contributed by atoms with Crippen LogP contribution in [0.4, 0.5) is 11.4 Å². The SMILES string of the molecule is COc1cccc(N2C(=S)N[C@H](c3ccccn3)[C@@H]2c2ccc3c(c2)C(C)=CC(C)(C)N3C)c1. The predicted octanol–water partition coefficient (Wildman–Crippen LogP) is 5.90. The third-order valence-electron chi connectivity index (χ3n) is 7.01. The number of ether oxygens (including phenoxy) is 1. The molecule has 6 heteroatoms. The molecule has 0 spiro atoms. The van der Waals surface area contributed by atoms with Crippen LogP contribution in [-0.2, 0) is 0 Å². The fraction of sp³-hybridized carbons (Fsp3) is 0.286. The molecule has 174 valence electrons. The Labute approximate surface area is 207 Å². The number of aromatic nitrogens is 1. The maximum absolute atomic E-state index is 5.88. The van der Waals surface area contributed by atoms with Gasteiger partial charge in [0, 0.05) is 36.2 Å². The van der Waals surface area contributed by atoms with E-state index in [4.69, 9.17) is 17.0 Å². The number of fused-ring (bicyclic) bond motifs is 1. The first-order chi connectivity index (χ1) is 16.3. The first kappa shape index (κ1) is 22.4. The summed E-state index contributed by atoms with van der Waals surface area (Å²) in [5.74, 6) is 0.799. The Morgan fingerprint density at radius 2 is 1.88 bits per heavy atom. The number of methoxy groups -OCH3 is 1. The van der Waals surface area contributed by atoms with Crippen LogP contribution in [0.5, 0.6) is 5.75 Å². The van der Waals surface area contributed by atoms with E-state index in [-0.39, 0.29) is 17.6 Å². The van der Waals surface area contributed by atoms with Gasteiger partial charge in [-0.2, -0.15) is 0 Å². The number of allylic oxidation sites excluding steroid dienone is 1. The highest BCUT2D eigenvalue weighted by molar-refractivity contribution is 7.80. The van der Waals surface area contributed by atoms with E-state index in [1.807, 2.05) is 36.5 Å². The Morgan fingerprint density at radius 3 is 2.62 bits per heavy atom. The molecule has 2 aromatic carbocycles. The van der Waals surface area contributed by atoms with Gasteiger partial charge in [-0.3, -0.25) is 4.98 Å². The van der Waals surface area contributed by atoms with Gasteiger partial charge in [-0.25, -0.2) is 0 Å². The highest BCUT2D eigenvalue weighted by Crippen LogP contribution is 2.45. The van der Waals surface area contributed by atoms with E-state index in [0.717, 1.165) is 17.1 Å². The number of anilines is 2. The molecule has 1 N–H and O–H groups in total. The first-order valence-electron chi connectivity index (χ1n) is 11.5. The van der Waals surface area contributed by atoms with E-state index >= 15 is 0 Å². The largest absolute Gasteiger partial charge is 0.497 e. The molecule has 0 bridgehead atoms. The number of nitrogens with zero attached hydrogens (tertiary/aromatic N) is 3. The Balaban J connectivity index is 1.66. The van der Waals surface area contributed by atoms with Gasteiger partial charge >= 0.3 is 0 Å². The summed E-state index contributed by atoms with van der Waals surface area (Å²) in [5, 5.41) is 4.22. The van der Waals surface area contributed by atoms with Crippen molar-refractivity contribution in [1.29, 1.82) is 0 Å². The van der Waals surface area contributed by atoms with E-state index in [9.17, 15) is 0 Å². The summed E-state index contributed by atoms with van der Waals surface area (Å²) in [7, 11) is 3.84. The van der Waals surface area contributed by atoms with Crippen molar-refractivity contribution >= 4 is 34.3 Å². The quantitative estimate of drug-likeness (QED) is 0.479. The van der Waals surface area contributed by atoms with Gasteiger partial charge < -0.3 is 19.9 Å². The Kier molecular flexibility index (Phi) is 5.56. The van der Waals surface area contributed by atoms with Crippen molar-refractivity contribution in [2.75, 3.05) is 24.0 Å². The molecule has 2 aliphatic rings. The first-order valence-corrected chi connectivity index (χ1v) is 11.9. The maximum atomic E-state index is 5.88. The summed E-state index contributed by atoms with van der Waals surface area (Å²) in [6, 6.07) is 20.7. The standard InChI is InChI=1S/C28H30N4OS/c1-18-17-28(2,3)31(4)24-13-12-19(15-22(18)24)26-25(23-11-6-7-14-29-23)30-27(34)32(26)20-9-8-10-21(16-20)33-5/h6-17,25-26H,1-5H3,(H,30,34)/t25-,26+/m1/s1. The molecule has 2 atom stereocenters. The summed E-state index contributed by atoms with van der Waals surface area (Å²) in [6.07, 6.45) is 4.18. The van der Waals surface area contributed by atoms with Crippen LogP contribution in [0.3, 0.4) is 0 Å². The van der Waals surface area contributed by atoms with Crippen LogP contribution < -0.4 is 19.9 Å². The zero-order chi connectivity index (χ0) is 24.0. The smallest absolute Gasteiger partial charge is 0.174 e. The van der Waals surface area contributed by atoms with E-state index in [1.54, 1.807) is 7.11 Å². The van der Waals surface area contributed by atoms with Gasteiger partial charge in [0.1, 0.15) is 5.75 Å². The van der Waals surface area contributed by atoms with Crippen LogP contribution in [0.15, 0.2) is 72.9 Å². The molecule has 0 saturated carbocycles. The zero-order valence-electron chi connectivity index (χ0n) is 20.2. The van der Waals surface area contributed by atoms with Crippen LogP contribution in [0, 0.1) is 0 Å². The van der Waals surface area contributed by atoms with Gasteiger partial charge in [-0.15, -0.1) is 0 Å². The Hall–Kier alpha value is -3.38. The molecule has 1 aromatic heterocycles. The molecule has 0 amide bonds. The number of benzene rings is 2. The molecule has 3 heterocycles. The van der Waals surface area contributed by atoms with Gasteiger partial charge in [0.2, 0.25) is 0 Å². The number of nitrogens with one attached hydrogen (secondary N) is 1. The summed E-state index contributed by atoms with van der Waals surface area (Å²) in [5.41, 5.74) is 6.89. The summed E-state index contributed by atoms with van der Waals surface area (Å²) < 4.78 is 5.51. The monoisotopic (exact) mass is 470 g/mol. The lowest BCUT2D eigenvalue weighted by Gasteiger charge is -2.41. The van der Waals surface area contributed by atoms with Gasteiger partial charge in [0.05, 0.1) is 30.4 Å². The molecule has 3 aromatic rings. The number of thiocarbonyl (C=S) groups is 1. The number of hydrogen-bond acceptors (Lipinski definition) is 4. The van der Waals surface area contributed by atoms with Crippen LogP contribution in [0.25, 0.3) is 5.57 Å². The van der Waals surface area contributed by atoms with Crippen molar-refractivity contribution in [3.05, 3.63) is 89.8 Å². The summed E-state index contributed by atoms with van der Waals surface area (Å²) >= 11 is 5.88. The maximum Gasteiger partial charge on any atom is 0.174 e. The molecule has 34 heavy (non-hydrogen) atoms. The third-order valence-corrected chi connectivity index (χ3v) is 7.33. The van der Waals surface area contributed by atoms with Crippen molar-refractivity contribution in [2.24, 2.45) is 0 Å². The van der Waals surface area contributed by atoms with Crippen molar-refractivity contribution in [3.63, 3.8) is 0 Å². The van der Waals surface area contributed by atoms with E-state index < -0.39 is 0 Å². The topological polar surface area (TPSA) is 40.6 Å². The van der Waals surface area contributed by atoms with Crippen molar-refractivity contribution in [3.8, 4) is 5.75 Å². The van der Waals surface area contributed by atoms with E-state index in [0.29, 0.717) is 5.11 Å². The predicted molar refractivity (Wildman–Crippen MR) is 144 cm³/mol. The van der Waals surface area contributed by atoms with Gasteiger partial charge in [-0.05, 0) is 80.5 Å². The average molecular weight is 471 g/mol. The highest BCUT2D eigenvalue weighted by Gasteiger charge is 2.41. The summed E-state index contributed by atoms with van der Waals surface area (Å²) in [6.45, 7) is 6.69. The molecule has 0 radical (unpaired) electrons. The fourth-order valence-electron chi connectivity index (χ4n) is 5.09. The molecule has 5 rings (SSSR count). The highest BCUT2D eigenvalue weighted by atomic mass is 32.1. The fourth-order valence-corrected chi connectivity index (χ4v) is 5.44. The zero-order valence-corrected chi connectivity index (χ0v) is 21.1. The number of likely N-dealkylation sites (N-methyl/N-ethyl adjacent to an activating group) is 1. The second kappa shape index (κ2) is 8.44. The minimum absolute atomic E-state index is 0.0296. The van der Waals surface area contributed by atoms with Gasteiger partial charge in [-0.1, -0.05) is 24.3 Å². The molecule has 0 unspecified atom stereocenters. The van der Waals surface area contributed by atoms with Crippen LogP contribution in [0.1, 0.15) is 49.7 Å². The molecule has 5 nitrogen and oxygen atoms in total. The Morgan fingerprint density at radius 1 is 1.06 bits per heavy atom. The van der Waals surface area contributed by atoms with Crippen molar-refractivity contribution < 1.29 is 4.74 Å². The minimum Gasteiger partial charge on any atom is -0.497 e. The second-order valence-corrected chi connectivity index (χ2v) is 9.90. The molecule has 0 aliphatic carbocycles. The van der Waals surface area contributed by atoms with E-state index in [2.05, 4.69) is 84.3 Å². The lowest BCUT2D eigenvalue weighted by molar-refractivity contribution is 0.415. The number of pyridine rings is 1. The molecule has 1 fully saturated rings. The molecular formula is C28H30N4OS. The minimum atomic E-state index is -0.0833. The van der Waals surface area contributed by atoms with Gasteiger partial charge in [0.15, 0.2) is 5.11 Å². The Bertz CT molecular complexity index is 1270. The average Bonchev–Trinajstić information content (AvgIpc) is 3.19. The van der Waals surface area contributed by atoms with Crippen LogP contribution >= 0.6 is 12.2 Å². The van der Waals surface area contributed by atoms with Crippen LogP contribution in [0.2, 0.25) is 0 Å². The third kappa shape index (κ3) is 3.72. The van der Waals surface area contributed by atoms with Crippen LogP contribution in [-0.4, -0.2) is 29.8 Å². The number of rotatable bonds is 4. The molecular weight excluding hydrogens is 440 g/mol. The number of hydrogen-bond donors (Lipinski definition) is 1. The van der Waals surface area contributed by atoms with Crippen molar-refractivity contribution in [2.45, 2.75) is 38.4 Å².